The molecule has 1 heterocycles. The van der Waals surface area contributed by atoms with Gasteiger partial charge in [-0.2, -0.15) is 13.2 Å². The Kier molecular flexibility index (Phi) is 3.76. The van der Waals surface area contributed by atoms with E-state index in [4.69, 9.17) is 4.74 Å². The number of carbonyl (C=O) groups is 1. The highest BCUT2D eigenvalue weighted by atomic mass is 19.4. The van der Waals surface area contributed by atoms with Crippen molar-refractivity contribution >= 4 is 11.5 Å². The molecule has 0 saturated carbocycles. The van der Waals surface area contributed by atoms with Gasteiger partial charge in [-0.05, 0) is 11.6 Å². The predicted molar refractivity (Wildman–Crippen MR) is 61.0 cm³/mol. The molecule has 0 aliphatic carbocycles. The molecule has 8 heteroatoms. The second-order valence-corrected chi connectivity index (χ2v) is 4.38. The molecular weight excluding hydrogens is 279 g/mol. The lowest BCUT2D eigenvalue weighted by molar-refractivity contribution is -0.385. The summed E-state index contributed by atoms with van der Waals surface area (Å²) >= 11 is 0. The lowest BCUT2D eigenvalue weighted by Crippen LogP contribution is -2.22. The standard InChI is InChI=1S/C12H10F3NO4/c13-12(14,15)10-5-7(16(18)19)1-2-9(10)11-6-8(17)3-4-20-11/h1-2,5,11H,3-4,6H2. The topological polar surface area (TPSA) is 69.4 Å². The van der Waals surface area contributed by atoms with Crippen LogP contribution in [-0.2, 0) is 15.7 Å². The number of carbonyl (C=O) groups excluding carboxylic acids is 1. The molecule has 1 aromatic rings. The monoisotopic (exact) mass is 289 g/mol. The fourth-order valence-electron chi connectivity index (χ4n) is 2.07. The summed E-state index contributed by atoms with van der Waals surface area (Å²) < 4.78 is 44.1. The first kappa shape index (κ1) is 14.4. The highest BCUT2D eigenvalue weighted by Crippen LogP contribution is 2.39. The van der Waals surface area contributed by atoms with Crippen LogP contribution in [0.1, 0.15) is 30.1 Å². The van der Waals surface area contributed by atoms with Gasteiger partial charge in [-0.25, -0.2) is 0 Å². The predicted octanol–water partition coefficient (Wildman–Crippen LogP) is 3.03. The number of halogens is 3. The SMILES string of the molecule is O=C1CCOC(c2ccc([N+](=O)[O-])cc2C(F)(F)F)C1. The minimum atomic E-state index is -4.74. The van der Waals surface area contributed by atoms with Crippen LogP contribution in [0.15, 0.2) is 18.2 Å². The third-order valence-electron chi connectivity index (χ3n) is 3.01. The molecule has 1 aliphatic rings. The molecule has 1 fully saturated rings. The van der Waals surface area contributed by atoms with Crippen molar-refractivity contribution in [1.29, 1.82) is 0 Å². The van der Waals surface area contributed by atoms with Crippen molar-refractivity contribution in [3.05, 3.63) is 39.4 Å². The number of hydrogen-bond donors (Lipinski definition) is 0. The normalized spacial score (nSPS) is 19.9. The summed E-state index contributed by atoms with van der Waals surface area (Å²) in [6, 6.07) is 2.45. The Balaban J connectivity index is 2.46. The van der Waals surface area contributed by atoms with Gasteiger partial charge in [0.05, 0.1) is 23.2 Å². The van der Waals surface area contributed by atoms with Crippen molar-refractivity contribution in [2.75, 3.05) is 6.61 Å². The number of Topliss-reactive ketones (excluding diaryl/α,β-unsaturated/α-hetero) is 1. The van der Waals surface area contributed by atoms with Crippen LogP contribution in [0.25, 0.3) is 0 Å². The molecule has 1 saturated heterocycles. The van der Waals surface area contributed by atoms with E-state index in [1.54, 1.807) is 0 Å². The van der Waals surface area contributed by atoms with Crippen molar-refractivity contribution in [3.8, 4) is 0 Å². The number of nitrogens with zero attached hydrogens (tertiary/aromatic N) is 1. The number of non-ortho nitro benzene ring substituents is 1. The Morgan fingerprint density at radius 1 is 1.35 bits per heavy atom. The molecule has 0 radical (unpaired) electrons. The molecule has 1 aliphatic heterocycles. The molecule has 0 aromatic heterocycles. The molecule has 0 amide bonds. The van der Waals surface area contributed by atoms with E-state index in [1.807, 2.05) is 0 Å². The fraction of sp³-hybridized carbons (Fsp3) is 0.417. The first-order chi connectivity index (χ1) is 9.29. The van der Waals surface area contributed by atoms with Gasteiger partial charge in [-0.1, -0.05) is 0 Å². The summed E-state index contributed by atoms with van der Waals surface area (Å²) in [5.74, 6) is -0.187. The molecule has 0 bridgehead atoms. The van der Waals surface area contributed by atoms with E-state index in [-0.39, 0.29) is 30.8 Å². The lowest BCUT2D eigenvalue weighted by Gasteiger charge is -2.24. The van der Waals surface area contributed by atoms with Crippen molar-refractivity contribution in [3.63, 3.8) is 0 Å². The Morgan fingerprint density at radius 2 is 2.05 bits per heavy atom. The van der Waals surface area contributed by atoms with E-state index in [9.17, 15) is 28.1 Å². The second-order valence-electron chi connectivity index (χ2n) is 4.38. The Morgan fingerprint density at radius 3 is 2.60 bits per heavy atom. The van der Waals surface area contributed by atoms with Gasteiger partial charge in [-0.3, -0.25) is 14.9 Å². The third-order valence-corrected chi connectivity index (χ3v) is 3.01. The maximum absolute atomic E-state index is 13.0. The summed E-state index contributed by atoms with van der Waals surface area (Å²) in [5.41, 5.74) is -2.02. The summed E-state index contributed by atoms with van der Waals surface area (Å²) in [7, 11) is 0. The zero-order valence-electron chi connectivity index (χ0n) is 10.1. The molecule has 1 atom stereocenters. The number of ether oxygens (including phenoxy) is 1. The molecule has 108 valence electrons. The van der Waals surface area contributed by atoms with E-state index in [0.717, 1.165) is 12.1 Å². The van der Waals surface area contributed by atoms with Gasteiger partial charge in [0, 0.05) is 25.0 Å². The minimum absolute atomic E-state index is 0.0534. The van der Waals surface area contributed by atoms with Crippen LogP contribution in [0.5, 0.6) is 0 Å². The van der Waals surface area contributed by atoms with E-state index >= 15 is 0 Å². The van der Waals surface area contributed by atoms with Crippen LogP contribution in [-0.4, -0.2) is 17.3 Å². The average Bonchev–Trinajstić information content (AvgIpc) is 2.37. The van der Waals surface area contributed by atoms with Crippen LogP contribution < -0.4 is 0 Å². The minimum Gasteiger partial charge on any atom is -0.373 e. The molecule has 1 unspecified atom stereocenters. The van der Waals surface area contributed by atoms with Gasteiger partial charge >= 0.3 is 6.18 Å². The second kappa shape index (κ2) is 5.20. The number of hydrogen-bond acceptors (Lipinski definition) is 4. The Labute approximate surface area is 111 Å². The summed E-state index contributed by atoms with van der Waals surface area (Å²) in [4.78, 5) is 21.0. The molecule has 5 nitrogen and oxygen atoms in total. The number of alkyl halides is 3. The smallest absolute Gasteiger partial charge is 0.373 e. The highest BCUT2D eigenvalue weighted by Gasteiger charge is 2.38. The van der Waals surface area contributed by atoms with Gasteiger partial charge in [0.25, 0.3) is 5.69 Å². The quantitative estimate of drug-likeness (QED) is 0.620. The first-order valence-electron chi connectivity index (χ1n) is 5.78. The van der Waals surface area contributed by atoms with Crippen LogP contribution >= 0.6 is 0 Å². The van der Waals surface area contributed by atoms with Crippen LogP contribution in [0.2, 0.25) is 0 Å². The zero-order chi connectivity index (χ0) is 14.9. The van der Waals surface area contributed by atoms with Gasteiger partial charge in [0.15, 0.2) is 0 Å². The Hall–Kier alpha value is -1.96. The Bertz CT molecular complexity index is 556. The summed E-state index contributed by atoms with van der Waals surface area (Å²) in [5, 5.41) is 10.6. The van der Waals surface area contributed by atoms with Crippen LogP contribution in [0.3, 0.4) is 0 Å². The zero-order valence-corrected chi connectivity index (χ0v) is 10.1. The van der Waals surface area contributed by atoms with E-state index in [0.29, 0.717) is 6.07 Å². The van der Waals surface area contributed by atoms with Crippen molar-refractivity contribution in [1.82, 2.24) is 0 Å². The van der Waals surface area contributed by atoms with Gasteiger partial charge < -0.3 is 4.74 Å². The van der Waals surface area contributed by atoms with Crippen LogP contribution in [0, 0.1) is 10.1 Å². The molecule has 2 rings (SSSR count). The summed E-state index contributed by atoms with van der Waals surface area (Å²) in [6.07, 6.45) is -5.73. The molecule has 0 N–H and O–H groups in total. The maximum atomic E-state index is 13.0. The number of ketones is 1. The number of benzene rings is 1. The van der Waals surface area contributed by atoms with Crippen molar-refractivity contribution < 1.29 is 27.6 Å². The number of rotatable bonds is 2. The fourth-order valence-corrected chi connectivity index (χ4v) is 2.07. The molecule has 20 heavy (non-hydrogen) atoms. The first-order valence-corrected chi connectivity index (χ1v) is 5.78. The van der Waals surface area contributed by atoms with E-state index in [2.05, 4.69) is 0 Å². The molecular formula is C12H10F3NO4. The average molecular weight is 289 g/mol. The largest absolute Gasteiger partial charge is 0.417 e. The van der Waals surface area contributed by atoms with Gasteiger partial charge in [0.1, 0.15) is 5.78 Å². The third kappa shape index (κ3) is 2.96. The van der Waals surface area contributed by atoms with Gasteiger partial charge in [0.2, 0.25) is 0 Å². The number of nitro benzene ring substituents is 1. The maximum Gasteiger partial charge on any atom is 0.417 e. The molecule has 0 spiro atoms. The van der Waals surface area contributed by atoms with Crippen molar-refractivity contribution in [2.45, 2.75) is 25.1 Å². The molecule has 1 aromatic carbocycles. The van der Waals surface area contributed by atoms with Crippen molar-refractivity contribution in [2.24, 2.45) is 0 Å². The highest BCUT2D eigenvalue weighted by molar-refractivity contribution is 5.79. The summed E-state index contributed by atoms with van der Waals surface area (Å²) in [6.45, 7) is 0.0534. The van der Waals surface area contributed by atoms with Crippen LogP contribution in [0.4, 0.5) is 18.9 Å². The lowest BCUT2D eigenvalue weighted by atomic mass is 9.95. The van der Waals surface area contributed by atoms with E-state index in [1.165, 1.54) is 0 Å². The van der Waals surface area contributed by atoms with Gasteiger partial charge in [-0.15, -0.1) is 0 Å². The number of nitro groups is 1. The van der Waals surface area contributed by atoms with E-state index < -0.39 is 28.5 Å².